The van der Waals surface area contributed by atoms with Gasteiger partial charge in [-0.05, 0) is 29.7 Å². The summed E-state index contributed by atoms with van der Waals surface area (Å²) in [6, 6.07) is 13.0. The molecule has 2 aromatic rings. The van der Waals surface area contributed by atoms with Crippen LogP contribution in [0.15, 0.2) is 48.7 Å². The van der Waals surface area contributed by atoms with Crippen LogP contribution in [0.25, 0.3) is 0 Å². The Morgan fingerprint density at radius 3 is 2.50 bits per heavy atom. The molecule has 0 spiro atoms. The Kier molecular flexibility index (Phi) is 5.58. The van der Waals surface area contributed by atoms with Crippen molar-refractivity contribution in [1.82, 2.24) is 20.7 Å². The molecule has 0 aliphatic carbocycles. The molecule has 1 aromatic carbocycles. The van der Waals surface area contributed by atoms with Gasteiger partial charge in [-0.25, -0.2) is 0 Å². The standard InChI is InChI=1S/C19H20N4O3/c24-17(21-22-19(26)16-7-3-4-11-20-16)8-9-18(25)23-12-10-14-5-1-2-6-15(14)13-23/h1-7,11H,8-10,12-13H2,(H,21,24)(H,22,26). The summed E-state index contributed by atoms with van der Waals surface area (Å²) >= 11 is 0. The van der Waals surface area contributed by atoms with E-state index >= 15 is 0 Å². The number of hydrazine groups is 1. The molecule has 2 N–H and O–H groups in total. The first-order chi connectivity index (χ1) is 12.6. The molecule has 26 heavy (non-hydrogen) atoms. The number of carbonyl (C=O) groups is 3. The van der Waals surface area contributed by atoms with E-state index in [0.29, 0.717) is 13.1 Å². The zero-order valence-corrected chi connectivity index (χ0v) is 14.3. The molecule has 0 fully saturated rings. The normalized spacial score (nSPS) is 12.8. The minimum absolute atomic E-state index is 0.0134. The molecule has 3 rings (SSSR count). The van der Waals surface area contributed by atoms with Crippen molar-refractivity contribution < 1.29 is 14.4 Å². The molecular weight excluding hydrogens is 332 g/mol. The first kappa shape index (κ1) is 17.6. The Morgan fingerprint density at radius 2 is 1.73 bits per heavy atom. The molecule has 0 saturated carbocycles. The average Bonchev–Trinajstić information content (AvgIpc) is 2.70. The number of carbonyl (C=O) groups excluding carboxylic acids is 3. The number of benzene rings is 1. The van der Waals surface area contributed by atoms with Crippen LogP contribution in [0.1, 0.15) is 34.5 Å². The largest absolute Gasteiger partial charge is 0.338 e. The maximum atomic E-state index is 12.3. The summed E-state index contributed by atoms with van der Waals surface area (Å²) in [6.45, 7) is 1.24. The van der Waals surface area contributed by atoms with Crippen LogP contribution >= 0.6 is 0 Å². The van der Waals surface area contributed by atoms with Crippen LogP contribution in [0.3, 0.4) is 0 Å². The number of hydrogen-bond donors (Lipinski definition) is 2. The van der Waals surface area contributed by atoms with Gasteiger partial charge in [0, 0.05) is 32.1 Å². The first-order valence-electron chi connectivity index (χ1n) is 8.48. The molecule has 7 nitrogen and oxygen atoms in total. The second-order valence-corrected chi connectivity index (χ2v) is 6.05. The Balaban J connectivity index is 1.42. The van der Waals surface area contributed by atoms with Crippen molar-refractivity contribution in [3.8, 4) is 0 Å². The molecule has 3 amide bonds. The number of pyridine rings is 1. The highest BCUT2D eigenvalue weighted by atomic mass is 16.2. The van der Waals surface area contributed by atoms with E-state index in [-0.39, 0.29) is 24.4 Å². The zero-order valence-electron chi connectivity index (χ0n) is 14.3. The molecule has 1 aromatic heterocycles. The van der Waals surface area contributed by atoms with Gasteiger partial charge in [-0.15, -0.1) is 0 Å². The predicted octanol–water partition coefficient (Wildman–Crippen LogP) is 1.21. The van der Waals surface area contributed by atoms with Crippen LogP contribution in [0.5, 0.6) is 0 Å². The highest BCUT2D eigenvalue weighted by molar-refractivity contribution is 5.93. The van der Waals surface area contributed by atoms with Gasteiger partial charge < -0.3 is 4.90 Å². The molecule has 134 valence electrons. The van der Waals surface area contributed by atoms with Crippen molar-refractivity contribution in [2.45, 2.75) is 25.8 Å². The quantitative estimate of drug-likeness (QED) is 0.809. The lowest BCUT2D eigenvalue weighted by atomic mass is 9.99. The first-order valence-corrected chi connectivity index (χ1v) is 8.48. The van der Waals surface area contributed by atoms with E-state index in [1.165, 1.54) is 11.8 Å². The number of amides is 3. The van der Waals surface area contributed by atoms with Crippen LogP contribution in [0.2, 0.25) is 0 Å². The van der Waals surface area contributed by atoms with E-state index in [9.17, 15) is 14.4 Å². The summed E-state index contributed by atoms with van der Waals surface area (Å²) in [5.74, 6) is -0.983. The smallest absolute Gasteiger partial charge is 0.288 e. The van der Waals surface area contributed by atoms with Crippen molar-refractivity contribution in [2.75, 3.05) is 6.54 Å². The lowest BCUT2D eigenvalue weighted by Crippen LogP contribution is -2.42. The van der Waals surface area contributed by atoms with Gasteiger partial charge in [0.2, 0.25) is 11.8 Å². The van der Waals surface area contributed by atoms with Crippen molar-refractivity contribution in [1.29, 1.82) is 0 Å². The SMILES string of the molecule is O=C(CCC(=O)N1CCc2ccccc2C1)NNC(=O)c1ccccn1. The Labute approximate surface area is 151 Å². The fraction of sp³-hybridized carbons (Fsp3) is 0.263. The fourth-order valence-electron chi connectivity index (χ4n) is 2.84. The fourth-order valence-corrected chi connectivity index (χ4v) is 2.84. The number of fused-ring (bicyclic) bond motifs is 1. The topological polar surface area (TPSA) is 91.4 Å². The van der Waals surface area contributed by atoms with Gasteiger partial charge in [0.25, 0.3) is 5.91 Å². The van der Waals surface area contributed by atoms with Crippen LogP contribution in [0, 0.1) is 0 Å². The van der Waals surface area contributed by atoms with Gasteiger partial charge in [-0.1, -0.05) is 30.3 Å². The van der Waals surface area contributed by atoms with Gasteiger partial charge in [0.05, 0.1) is 0 Å². The lowest BCUT2D eigenvalue weighted by molar-refractivity contribution is -0.134. The number of rotatable bonds is 4. The van der Waals surface area contributed by atoms with Crippen LogP contribution < -0.4 is 10.9 Å². The average molecular weight is 352 g/mol. The third kappa shape index (κ3) is 4.44. The van der Waals surface area contributed by atoms with Gasteiger partial charge in [0.15, 0.2) is 0 Å². The number of nitrogens with one attached hydrogen (secondary N) is 2. The van der Waals surface area contributed by atoms with Gasteiger partial charge >= 0.3 is 0 Å². The van der Waals surface area contributed by atoms with E-state index in [4.69, 9.17) is 0 Å². The monoisotopic (exact) mass is 352 g/mol. The Hall–Kier alpha value is -3.22. The molecule has 1 aliphatic rings. The van der Waals surface area contributed by atoms with Crippen LogP contribution in [-0.2, 0) is 22.6 Å². The number of nitrogens with zero attached hydrogens (tertiary/aromatic N) is 2. The molecule has 7 heteroatoms. The lowest BCUT2D eigenvalue weighted by Gasteiger charge is -2.28. The Morgan fingerprint density at radius 1 is 0.962 bits per heavy atom. The van der Waals surface area contributed by atoms with Gasteiger partial charge in [-0.3, -0.25) is 30.2 Å². The molecule has 0 unspecified atom stereocenters. The van der Waals surface area contributed by atoms with Crippen molar-refractivity contribution in [3.63, 3.8) is 0 Å². The summed E-state index contributed by atoms with van der Waals surface area (Å²) in [7, 11) is 0. The van der Waals surface area contributed by atoms with Gasteiger partial charge in [-0.2, -0.15) is 0 Å². The second kappa shape index (κ2) is 8.24. The zero-order chi connectivity index (χ0) is 18.4. The summed E-state index contributed by atoms with van der Waals surface area (Å²) in [5, 5.41) is 0. The second-order valence-electron chi connectivity index (χ2n) is 6.05. The van der Waals surface area contributed by atoms with Crippen molar-refractivity contribution in [3.05, 3.63) is 65.5 Å². The minimum atomic E-state index is -0.502. The third-order valence-electron chi connectivity index (χ3n) is 4.26. The van der Waals surface area contributed by atoms with E-state index in [1.54, 1.807) is 23.1 Å². The van der Waals surface area contributed by atoms with Crippen LogP contribution in [0.4, 0.5) is 0 Å². The molecule has 0 bridgehead atoms. The van der Waals surface area contributed by atoms with E-state index in [2.05, 4.69) is 21.9 Å². The molecular formula is C19H20N4O3. The maximum Gasteiger partial charge on any atom is 0.288 e. The highest BCUT2D eigenvalue weighted by Gasteiger charge is 2.20. The third-order valence-corrected chi connectivity index (χ3v) is 4.26. The predicted molar refractivity (Wildman–Crippen MR) is 94.6 cm³/mol. The molecule has 0 radical (unpaired) electrons. The molecule has 0 atom stereocenters. The number of aromatic nitrogens is 1. The summed E-state index contributed by atoms with van der Waals surface area (Å²) in [6.07, 6.45) is 2.44. The van der Waals surface area contributed by atoms with Crippen LogP contribution in [-0.4, -0.2) is 34.2 Å². The van der Waals surface area contributed by atoms with Gasteiger partial charge in [0.1, 0.15) is 5.69 Å². The summed E-state index contributed by atoms with van der Waals surface area (Å²) < 4.78 is 0. The Bertz CT molecular complexity index is 807. The van der Waals surface area contributed by atoms with E-state index in [0.717, 1.165) is 12.0 Å². The minimum Gasteiger partial charge on any atom is -0.338 e. The van der Waals surface area contributed by atoms with Crippen molar-refractivity contribution in [2.24, 2.45) is 0 Å². The maximum absolute atomic E-state index is 12.3. The molecule has 1 aliphatic heterocycles. The molecule has 2 heterocycles. The van der Waals surface area contributed by atoms with Crippen molar-refractivity contribution >= 4 is 17.7 Å². The van der Waals surface area contributed by atoms with E-state index < -0.39 is 11.8 Å². The summed E-state index contributed by atoms with van der Waals surface area (Å²) in [4.78, 5) is 41.6. The molecule has 0 saturated heterocycles. The highest BCUT2D eigenvalue weighted by Crippen LogP contribution is 2.19. The van der Waals surface area contributed by atoms with E-state index in [1.807, 2.05) is 18.2 Å². The number of hydrogen-bond acceptors (Lipinski definition) is 4. The summed E-state index contributed by atoms with van der Waals surface area (Å²) in [5.41, 5.74) is 7.22.